The Morgan fingerprint density at radius 2 is 2.25 bits per heavy atom. The summed E-state index contributed by atoms with van der Waals surface area (Å²) in [6, 6.07) is 7.85. The highest BCUT2D eigenvalue weighted by atomic mass is 35.5. The Labute approximate surface area is 101 Å². The molecule has 0 amide bonds. The molecule has 2 unspecified atom stereocenters. The van der Waals surface area contributed by atoms with E-state index in [4.69, 9.17) is 16.3 Å². The number of nitrogens with one attached hydrogen (secondary N) is 1. The van der Waals surface area contributed by atoms with Gasteiger partial charge in [-0.3, -0.25) is 0 Å². The number of methoxy groups -OCH3 is 1. The molecule has 0 aliphatic heterocycles. The molecular formula is C12H18ClNO2. The Morgan fingerprint density at radius 3 is 2.88 bits per heavy atom. The van der Waals surface area contributed by atoms with Crippen LogP contribution in [-0.2, 0) is 4.74 Å². The van der Waals surface area contributed by atoms with Crippen molar-refractivity contribution in [2.24, 2.45) is 0 Å². The lowest BCUT2D eigenvalue weighted by Gasteiger charge is -2.17. The Hall–Kier alpha value is -0.610. The highest BCUT2D eigenvalue weighted by molar-refractivity contribution is 6.30. The van der Waals surface area contributed by atoms with Gasteiger partial charge in [-0.15, -0.1) is 0 Å². The van der Waals surface area contributed by atoms with Gasteiger partial charge >= 0.3 is 0 Å². The molecule has 0 aliphatic carbocycles. The molecule has 16 heavy (non-hydrogen) atoms. The lowest BCUT2D eigenvalue weighted by atomic mass is 10.1. The third kappa shape index (κ3) is 4.49. The third-order valence-corrected chi connectivity index (χ3v) is 2.60. The monoisotopic (exact) mass is 243 g/mol. The predicted molar refractivity (Wildman–Crippen MR) is 65.8 cm³/mol. The summed E-state index contributed by atoms with van der Waals surface area (Å²) in [7, 11) is 1.57. The number of aliphatic hydroxyl groups excluding tert-OH is 1. The first-order valence-electron chi connectivity index (χ1n) is 5.29. The maximum atomic E-state index is 9.49. The van der Waals surface area contributed by atoms with Crippen molar-refractivity contribution < 1.29 is 9.84 Å². The predicted octanol–water partition coefficient (Wildman–Crippen LogP) is 2.00. The molecule has 0 bridgehead atoms. The zero-order chi connectivity index (χ0) is 12.0. The Balaban J connectivity index is 2.43. The zero-order valence-corrected chi connectivity index (χ0v) is 10.4. The van der Waals surface area contributed by atoms with Crippen molar-refractivity contribution in [3.05, 3.63) is 34.9 Å². The minimum absolute atomic E-state index is 0.158. The van der Waals surface area contributed by atoms with Crippen LogP contribution in [0.2, 0.25) is 5.02 Å². The second-order valence-electron chi connectivity index (χ2n) is 3.79. The summed E-state index contributed by atoms with van der Waals surface area (Å²) in [6.07, 6.45) is -0.480. The number of aliphatic hydroxyl groups is 1. The van der Waals surface area contributed by atoms with E-state index in [1.165, 1.54) is 0 Å². The molecule has 3 nitrogen and oxygen atoms in total. The van der Waals surface area contributed by atoms with E-state index in [0.29, 0.717) is 13.2 Å². The van der Waals surface area contributed by atoms with Gasteiger partial charge in [0.25, 0.3) is 0 Å². The van der Waals surface area contributed by atoms with Crippen molar-refractivity contribution in [3.8, 4) is 0 Å². The van der Waals surface area contributed by atoms with Crippen molar-refractivity contribution in [1.82, 2.24) is 5.32 Å². The van der Waals surface area contributed by atoms with Gasteiger partial charge in [0.2, 0.25) is 0 Å². The smallest absolute Gasteiger partial charge is 0.0897 e. The standard InChI is InChI=1S/C12H18ClNO2/c1-9(14-7-12(15)8-16-2)10-4-3-5-11(13)6-10/h3-6,9,12,14-15H,7-8H2,1-2H3. The fourth-order valence-electron chi connectivity index (χ4n) is 1.46. The number of hydrogen-bond acceptors (Lipinski definition) is 3. The lowest BCUT2D eigenvalue weighted by Crippen LogP contribution is -2.31. The van der Waals surface area contributed by atoms with Crippen molar-refractivity contribution in [1.29, 1.82) is 0 Å². The number of hydrogen-bond donors (Lipinski definition) is 2. The second-order valence-corrected chi connectivity index (χ2v) is 4.23. The van der Waals surface area contributed by atoms with Crippen LogP contribution >= 0.6 is 11.6 Å². The third-order valence-electron chi connectivity index (χ3n) is 2.37. The normalized spacial score (nSPS) is 14.8. The summed E-state index contributed by atoms with van der Waals surface area (Å²) in [4.78, 5) is 0. The van der Waals surface area contributed by atoms with Gasteiger partial charge in [0.05, 0.1) is 12.7 Å². The molecule has 0 spiro atoms. The topological polar surface area (TPSA) is 41.5 Å². The SMILES string of the molecule is COCC(O)CNC(C)c1cccc(Cl)c1. The maximum Gasteiger partial charge on any atom is 0.0897 e. The van der Waals surface area contributed by atoms with Gasteiger partial charge < -0.3 is 15.2 Å². The lowest BCUT2D eigenvalue weighted by molar-refractivity contribution is 0.0630. The van der Waals surface area contributed by atoms with E-state index in [1.54, 1.807) is 7.11 Å². The molecule has 2 atom stereocenters. The van der Waals surface area contributed by atoms with Gasteiger partial charge in [0.1, 0.15) is 0 Å². The van der Waals surface area contributed by atoms with Crippen LogP contribution in [-0.4, -0.2) is 31.5 Å². The summed E-state index contributed by atoms with van der Waals surface area (Å²) >= 11 is 5.90. The largest absolute Gasteiger partial charge is 0.389 e. The van der Waals surface area contributed by atoms with Gasteiger partial charge in [-0.05, 0) is 24.6 Å². The van der Waals surface area contributed by atoms with E-state index in [1.807, 2.05) is 31.2 Å². The molecule has 1 rings (SSSR count). The number of rotatable bonds is 6. The quantitative estimate of drug-likeness (QED) is 0.803. The molecule has 0 saturated heterocycles. The van der Waals surface area contributed by atoms with Crippen LogP contribution in [0.1, 0.15) is 18.5 Å². The first kappa shape index (κ1) is 13.5. The van der Waals surface area contributed by atoms with Crippen molar-refractivity contribution >= 4 is 11.6 Å². The van der Waals surface area contributed by atoms with Gasteiger partial charge in [0.15, 0.2) is 0 Å². The number of ether oxygens (including phenoxy) is 1. The molecule has 90 valence electrons. The van der Waals surface area contributed by atoms with Gasteiger partial charge in [0, 0.05) is 24.7 Å². The maximum absolute atomic E-state index is 9.49. The first-order valence-corrected chi connectivity index (χ1v) is 5.67. The molecule has 2 N–H and O–H groups in total. The molecule has 1 aromatic rings. The molecule has 0 radical (unpaired) electrons. The van der Waals surface area contributed by atoms with Gasteiger partial charge in [-0.25, -0.2) is 0 Å². The molecule has 0 heterocycles. The summed E-state index contributed by atoms with van der Waals surface area (Å²) in [5.41, 5.74) is 1.11. The minimum Gasteiger partial charge on any atom is -0.389 e. The van der Waals surface area contributed by atoms with E-state index < -0.39 is 6.10 Å². The number of benzene rings is 1. The molecule has 4 heteroatoms. The van der Waals surface area contributed by atoms with Crippen molar-refractivity contribution in [2.75, 3.05) is 20.3 Å². The molecule has 0 aromatic heterocycles. The molecular weight excluding hydrogens is 226 g/mol. The molecule has 0 aliphatic rings. The summed E-state index contributed by atoms with van der Waals surface area (Å²) < 4.78 is 4.85. The minimum atomic E-state index is -0.480. The molecule has 1 aromatic carbocycles. The van der Waals surface area contributed by atoms with Gasteiger partial charge in [-0.2, -0.15) is 0 Å². The van der Waals surface area contributed by atoms with E-state index in [9.17, 15) is 5.11 Å². The summed E-state index contributed by atoms with van der Waals surface area (Å²) in [6.45, 7) is 2.88. The highest BCUT2D eigenvalue weighted by Crippen LogP contribution is 2.17. The van der Waals surface area contributed by atoms with Crippen LogP contribution in [0.4, 0.5) is 0 Å². The average Bonchev–Trinajstić information content (AvgIpc) is 2.26. The second kappa shape index (κ2) is 6.86. The van der Waals surface area contributed by atoms with Crippen LogP contribution in [0.3, 0.4) is 0 Å². The Kier molecular flexibility index (Phi) is 5.77. The molecule has 0 fully saturated rings. The van der Waals surface area contributed by atoms with Crippen LogP contribution in [0.15, 0.2) is 24.3 Å². The number of halogens is 1. The van der Waals surface area contributed by atoms with Crippen LogP contribution in [0.5, 0.6) is 0 Å². The van der Waals surface area contributed by atoms with E-state index >= 15 is 0 Å². The molecule has 0 saturated carbocycles. The first-order chi connectivity index (χ1) is 7.63. The van der Waals surface area contributed by atoms with Crippen molar-refractivity contribution in [3.63, 3.8) is 0 Å². The highest BCUT2D eigenvalue weighted by Gasteiger charge is 2.08. The van der Waals surface area contributed by atoms with Crippen molar-refractivity contribution in [2.45, 2.75) is 19.1 Å². The fourth-order valence-corrected chi connectivity index (χ4v) is 1.66. The average molecular weight is 244 g/mol. The Bertz CT molecular complexity index is 320. The van der Waals surface area contributed by atoms with Crippen LogP contribution < -0.4 is 5.32 Å². The zero-order valence-electron chi connectivity index (χ0n) is 9.61. The van der Waals surface area contributed by atoms with Crippen LogP contribution in [0.25, 0.3) is 0 Å². The van der Waals surface area contributed by atoms with Crippen LogP contribution in [0, 0.1) is 0 Å². The van der Waals surface area contributed by atoms with E-state index in [0.717, 1.165) is 10.6 Å². The fraction of sp³-hybridized carbons (Fsp3) is 0.500. The summed E-state index contributed by atoms with van der Waals surface area (Å²) in [5, 5.41) is 13.4. The van der Waals surface area contributed by atoms with E-state index in [2.05, 4.69) is 5.32 Å². The van der Waals surface area contributed by atoms with E-state index in [-0.39, 0.29) is 6.04 Å². The summed E-state index contributed by atoms with van der Waals surface area (Å²) in [5.74, 6) is 0. The van der Waals surface area contributed by atoms with Gasteiger partial charge in [-0.1, -0.05) is 23.7 Å². The Morgan fingerprint density at radius 1 is 1.50 bits per heavy atom.